The van der Waals surface area contributed by atoms with Crippen molar-refractivity contribution in [3.63, 3.8) is 0 Å². The fourth-order valence-corrected chi connectivity index (χ4v) is 4.14. The van der Waals surface area contributed by atoms with Crippen molar-refractivity contribution in [3.8, 4) is 5.82 Å². The van der Waals surface area contributed by atoms with E-state index in [0.29, 0.717) is 36.9 Å². The number of hydrogen-bond acceptors (Lipinski definition) is 7. The number of carbonyl (C=O) groups excluding carboxylic acids is 2. The molecule has 4 heterocycles. The number of nitrogens with zero attached hydrogens (tertiary/aromatic N) is 3. The van der Waals surface area contributed by atoms with E-state index in [2.05, 4.69) is 25.9 Å². The maximum atomic E-state index is 14.1. The standard InChI is InChI=1S/C27H35FN6O4/c1-16(2)33-21-10-23(29-13-20(21)26(36)32-14-22(28)27(3,4)37)34-7-5-18-9-17(11-30-24(18)34)12-31-25(35)19-6-8-38-15-19/h5,7,9-11,13,16,19,22,37H,6,8,12,14-15H2,1-4H3,(H,29,33)(H,31,35)(H,32,36). The van der Waals surface area contributed by atoms with Crippen molar-refractivity contribution in [1.29, 1.82) is 0 Å². The van der Waals surface area contributed by atoms with Crippen molar-refractivity contribution in [2.24, 2.45) is 5.92 Å². The monoisotopic (exact) mass is 526 g/mol. The second-order valence-electron chi connectivity index (χ2n) is 10.4. The van der Waals surface area contributed by atoms with Crippen LogP contribution in [-0.2, 0) is 16.1 Å². The molecule has 4 N–H and O–H groups in total. The van der Waals surface area contributed by atoms with Crippen molar-refractivity contribution in [2.75, 3.05) is 25.1 Å². The van der Waals surface area contributed by atoms with E-state index in [1.165, 1.54) is 20.0 Å². The number of nitrogens with one attached hydrogen (secondary N) is 3. The molecule has 1 fully saturated rings. The second-order valence-corrected chi connectivity index (χ2v) is 10.4. The van der Waals surface area contributed by atoms with Gasteiger partial charge in [-0.25, -0.2) is 14.4 Å². The van der Waals surface area contributed by atoms with Crippen LogP contribution in [-0.4, -0.2) is 69.0 Å². The average molecular weight is 527 g/mol. The van der Waals surface area contributed by atoms with E-state index in [0.717, 1.165) is 17.4 Å². The summed E-state index contributed by atoms with van der Waals surface area (Å²) in [7, 11) is 0. The molecule has 2 atom stereocenters. The molecule has 1 saturated heterocycles. The van der Waals surface area contributed by atoms with Crippen molar-refractivity contribution in [1.82, 2.24) is 25.2 Å². The average Bonchev–Trinajstić information content (AvgIpc) is 3.55. The van der Waals surface area contributed by atoms with E-state index in [-0.39, 0.29) is 30.0 Å². The number of fused-ring (bicyclic) bond motifs is 1. The van der Waals surface area contributed by atoms with Gasteiger partial charge in [0.2, 0.25) is 5.91 Å². The number of halogens is 1. The van der Waals surface area contributed by atoms with E-state index >= 15 is 0 Å². The fourth-order valence-electron chi connectivity index (χ4n) is 4.14. The van der Waals surface area contributed by atoms with Crippen LogP contribution in [0.3, 0.4) is 0 Å². The number of anilines is 1. The Morgan fingerprint density at radius 1 is 1.24 bits per heavy atom. The van der Waals surface area contributed by atoms with Crippen LogP contribution in [0.4, 0.5) is 10.1 Å². The van der Waals surface area contributed by atoms with Crippen LogP contribution in [0.1, 0.15) is 50.0 Å². The first kappa shape index (κ1) is 27.5. The fraction of sp³-hybridized carbons (Fsp3) is 0.481. The van der Waals surface area contributed by atoms with Crippen LogP contribution in [0.25, 0.3) is 16.9 Å². The van der Waals surface area contributed by atoms with E-state index in [1.807, 2.05) is 36.7 Å². The Kier molecular flexibility index (Phi) is 8.27. The summed E-state index contributed by atoms with van der Waals surface area (Å²) in [4.78, 5) is 34.2. The van der Waals surface area contributed by atoms with Gasteiger partial charge in [0.25, 0.3) is 5.91 Å². The molecule has 11 heteroatoms. The second kappa shape index (κ2) is 11.4. The van der Waals surface area contributed by atoms with Crippen LogP contribution in [0, 0.1) is 5.92 Å². The Hall–Kier alpha value is -3.57. The van der Waals surface area contributed by atoms with Gasteiger partial charge in [0, 0.05) is 49.2 Å². The molecule has 38 heavy (non-hydrogen) atoms. The smallest absolute Gasteiger partial charge is 0.255 e. The molecular weight excluding hydrogens is 491 g/mol. The molecule has 0 radical (unpaired) electrons. The zero-order valence-electron chi connectivity index (χ0n) is 22.1. The van der Waals surface area contributed by atoms with E-state index in [4.69, 9.17) is 4.74 Å². The highest BCUT2D eigenvalue weighted by atomic mass is 19.1. The third-order valence-electron chi connectivity index (χ3n) is 6.38. The van der Waals surface area contributed by atoms with E-state index in [9.17, 15) is 19.1 Å². The highest BCUT2D eigenvalue weighted by molar-refractivity contribution is 5.99. The normalized spacial score (nSPS) is 16.6. The molecule has 0 bridgehead atoms. The summed E-state index contributed by atoms with van der Waals surface area (Å²) in [5.41, 5.74) is 0.795. The minimum Gasteiger partial charge on any atom is -0.387 e. The van der Waals surface area contributed by atoms with Crippen molar-refractivity contribution >= 4 is 28.5 Å². The van der Waals surface area contributed by atoms with Gasteiger partial charge in [-0.05, 0) is 51.8 Å². The van der Waals surface area contributed by atoms with Gasteiger partial charge in [-0.15, -0.1) is 0 Å². The summed E-state index contributed by atoms with van der Waals surface area (Å²) in [6.07, 6.45) is 4.12. The number of ether oxygens (including phenoxy) is 1. The van der Waals surface area contributed by atoms with E-state index < -0.39 is 17.7 Å². The van der Waals surface area contributed by atoms with Crippen molar-refractivity contribution in [3.05, 3.63) is 47.9 Å². The number of hydrogen-bond donors (Lipinski definition) is 4. The molecule has 2 unspecified atom stereocenters. The van der Waals surface area contributed by atoms with Crippen molar-refractivity contribution in [2.45, 2.75) is 58.5 Å². The lowest BCUT2D eigenvalue weighted by Crippen LogP contribution is -2.42. The van der Waals surface area contributed by atoms with Crippen molar-refractivity contribution < 1.29 is 23.8 Å². The zero-order valence-corrected chi connectivity index (χ0v) is 22.1. The molecule has 10 nitrogen and oxygen atoms in total. The quantitative estimate of drug-likeness (QED) is 0.320. The minimum absolute atomic E-state index is 0.0132. The molecule has 0 saturated carbocycles. The summed E-state index contributed by atoms with van der Waals surface area (Å²) in [5.74, 6) is -0.0574. The number of amides is 2. The van der Waals surface area contributed by atoms with Gasteiger partial charge in [-0.1, -0.05) is 0 Å². The maximum Gasteiger partial charge on any atom is 0.255 e. The van der Waals surface area contributed by atoms with Gasteiger partial charge >= 0.3 is 0 Å². The highest BCUT2D eigenvalue weighted by Crippen LogP contribution is 2.24. The van der Waals surface area contributed by atoms with Gasteiger partial charge in [0.1, 0.15) is 17.6 Å². The van der Waals surface area contributed by atoms with Gasteiger partial charge in [-0.3, -0.25) is 14.2 Å². The molecule has 1 aliphatic rings. The first-order chi connectivity index (χ1) is 18.0. The number of carbonyl (C=O) groups is 2. The SMILES string of the molecule is CC(C)Nc1cc(-n2ccc3cc(CNC(=O)C4CCOC4)cnc32)ncc1C(=O)NCC(F)C(C)(C)O. The van der Waals surface area contributed by atoms with Crippen LogP contribution in [0.5, 0.6) is 0 Å². The first-order valence-corrected chi connectivity index (χ1v) is 12.8. The number of aliphatic hydroxyl groups is 1. The van der Waals surface area contributed by atoms with Crippen LogP contribution in [0.2, 0.25) is 0 Å². The lowest BCUT2D eigenvalue weighted by molar-refractivity contribution is -0.125. The maximum absolute atomic E-state index is 14.1. The Bertz CT molecular complexity index is 1300. The molecule has 1 aliphatic heterocycles. The number of pyridine rings is 2. The lowest BCUT2D eigenvalue weighted by Gasteiger charge is -2.23. The molecule has 3 aromatic heterocycles. The molecule has 204 valence electrons. The molecule has 0 spiro atoms. The summed E-state index contributed by atoms with van der Waals surface area (Å²) in [6, 6.07) is 5.65. The van der Waals surface area contributed by atoms with Crippen LogP contribution >= 0.6 is 0 Å². The summed E-state index contributed by atoms with van der Waals surface area (Å²) < 4.78 is 21.2. The summed E-state index contributed by atoms with van der Waals surface area (Å²) >= 11 is 0. The van der Waals surface area contributed by atoms with Gasteiger partial charge in [0.05, 0.1) is 35.9 Å². The number of rotatable bonds is 10. The minimum atomic E-state index is -1.62. The Morgan fingerprint density at radius 2 is 2.03 bits per heavy atom. The highest BCUT2D eigenvalue weighted by Gasteiger charge is 2.27. The third kappa shape index (κ3) is 6.46. The predicted molar refractivity (Wildman–Crippen MR) is 142 cm³/mol. The lowest BCUT2D eigenvalue weighted by atomic mass is 10.0. The van der Waals surface area contributed by atoms with Gasteiger partial charge < -0.3 is 25.8 Å². The van der Waals surface area contributed by atoms with Gasteiger partial charge in [-0.2, -0.15) is 0 Å². The molecule has 0 aliphatic carbocycles. The molecule has 3 aromatic rings. The van der Waals surface area contributed by atoms with E-state index in [1.54, 1.807) is 12.3 Å². The first-order valence-electron chi connectivity index (χ1n) is 12.8. The van der Waals surface area contributed by atoms with Gasteiger partial charge in [0.15, 0.2) is 0 Å². The zero-order chi connectivity index (χ0) is 27.4. The molecular formula is C27H35FN6O4. The number of alkyl halides is 1. The van der Waals surface area contributed by atoms with Crippen LogP contribution in [0.15, 0.2) is 36.8 Å². The predicted octanol–water partition coefficient (Wildman–Crippen LogP) is 2.73. The van der Waals surface area contributed by atoms with Crippen LogP contribution < -0.4 is 16.0 Å². The Labute approximate surface area is 221 Å². The Balaban J connectivity index is 1.52. The Morgan fingerprint density at radius 3 is 2.71 bits per heavy atom. The molecule has 4 rings (SSSR count). The number of aromatic nitrogens is 3. The third-order valence-corrected chi connectivity index (χ3v) is 6.38. The molecule has 0 aromatic carbocycles. The summed E-state index contributed by atoms with van der Waals surface area (Å²) in [5, 5.41) is 19.4. The topological polar surface area (TPSA) is 130 Å². The largest absolute Gasteiger partial charge is 0.387 e. The summed E-state index contributed by atoms with van der Waals surface area (Å²) in [6.45, 7) is 7.73. The molecule has 2 amide bonds.